The summed E-state index contributed by atoms with van der Waals surface area (Å²) < 4.78 is 1.81. The van der Waals surface area contributed by atoms with Gasteiger partial charge in [-0.05, 0) is 64.2 Å². The van der Waals surface area contributed by atoms with Crippen LogP contribution < -0.4 is 10.5 Å². The Morgan fingerprint density at radius 2 is 2.00 bits per heavy atom. The van der Waals surface area contributed by atoms with Crippen LogP contribution in [0, 0.1) is 0 Å². The van der Waals surface area contributed by atoms with Crippen molar-refractivity contribution in [3.05, 3.63) is 46.4 Å². The molecule has 0 amide bonds. The first kappa shape index (κ1) is 16.6. The van der Waals surface area contributed by atoms with Gasteiger partial charge in [0.25, 0.3) is 5.56 Å². The van der Waals surface area contributed by atoms with E-state index in [0.29, 0.717) is 12.5 Å². The minimum absolute atomic E-state index is 0.0268. The molecule has 3 heterocycles. The van der Waals surface area contributed by atoms with Crippen molar-refractivity contribution in [1.29, 1.82) is 0 Å². The molecule has 5 nitrogen and oxygen atoms in total. The molecule has 140 valence electrons. The lowest BCUT2D eigenvalue weighted by molar-refractivity contribution is 0.425. The second-order valence-electron chi connectivity index (χ2n) is 8.92. The van der Waals surface area contributed by atoms with Gasteiger partial charge in [-0.2, -0.15) is 0 Å². The number of H-pyrrole nitrogens is 1. The normalized spacial score (nSPS) is 18.5. The molecule has 27 heavy (non-hydrogen) atoms. The maximum absolute atomic E-state index is 12.9. The molecule has 1 N–H and O–H groups in total. The fraction of sp³-hybridized carbons (Fsp3) is 0.455. The Bertz CT molecular complexity index is 1100. The zero-order valence-corrected chi connectivity index (χ0v) is 16.4. The van der Waals surface area contributed by atoms with Gasteiger partial charge in [-0.3, -0.25) is 9.36 Å². The molecule has 3 aromatic rings. The van der Waals surface area contributed by atoms with Crippen LogP contribution in [0.4, 0.5) is 5.95 Å². The SMILES string of the molecule is CC(C)N1c2nc(-c3c[nH]c4ccc(C5CC5)cc34)cc(=O)n2CC1(C)C. The molecule has 0 bridgehead atoms. The summed E-state index contributed by atoms with van der Waals surface area (Å²) in [6.45, 7) is 9.34. The molecule has 0 radical (unpaired) electrons. The molecule has 5 rings (SSSR count). The number of rotatable bonds is 3. The molecule has 0 unspecified atom stereocenters. The van der Waals surface area contributed by atoms with E-state index >= 15 is 0 Å². The Morgan fingerprint density at radius 3 is 2.70 bits per heavy atom. The molecule has 2 aromatic heterocycles. The van der Waals surface area contributed by atoms with Gasteiger partial charge in [0.2, 0.25) is 5.95 Å². The quantitative estimate of drug-likeness (QED) is 0.757. The molecule has 5 heteroatoms. The van der Waals surface area contributed by atoms with Crippen LogP contribution in [0.15, 0.2) is 35.3 Å². The smallest absolute Gasteiger partial charge is 0.255 e. The van der Waals surface area contributed by atoms with Gasteiger partial charge in [-0.1, -0.05) is 6.07 Å². The van der Waals surface area contributed by atoms with Crippen molar-refractivity contribution in [3.8, 4) is 11.3 Å². The first-order valence-corrected chi connectivity index (χ1v) is 9.88. The highest BCUT2D eigenvalue weighted by atomic mass is 16.1. The van der Waals surface area contributed by atoms with E-state index in [1.807, 2.05) is 10.8 Å². The Balaban J connectivity index is 1.69. The van der Waals surface area contributed by atoms with Crippen molar-refractivity contribution >= 4 is 16.9 Å². The van der Waals surface area contributed by atoms with Crippen LogP contribution >= 0.6 is 0 Å². The Kier molecular flexibility index (Phi) is 3.37. The molecule has 1 aliphatic heterocycles. The molecule has 1 aliphatic carbocycles. The first-order valence-electron chi connectivity index (χ1n) is 9.88. The highest BCUT2D eigenvalue weighted by Gasteiger charge is 2.39. The summed E-state index contributed by atoms with van der Waals surface area (Å²) in [5.41, 5.74) is 4.17. The second kappa shape index (κ2) is 5.47. The third kappa shape index (κ3) is 2.52. The van der Waals surface area contributed by atoms with E-state index in [-0.39, 0.29) is 17.1 Å². The van der Waals surface area contributed by atoms with Crippen LogP contribution in [0.25, 0.3) is 22.2 Å². The van der Waals surface area contributed by atoms with Crippen LogP contribution in [-0.4, -0.2) is 26.1 Å². The van der Waals surface area contributed by atoms with Crippen LogP contribution in [0.2, 0.25) is 0 Å². The van der Waals surface area contributed by atoms with Gasteiger partial charge in [0.05, 0.1) is 17.8 Å². The molecule has 0 spiro atoms. The molecule has 0 atom stereocenters. The number of nitrogens with one attached hydrogen (secondary N) is 1. The summed E-state index contributed by atoms with van der Waals surface area (Å²) in [6.07, 6.45) is 4.55. The fourth-order valence-corrected chi connectivity index (χ4v) is 4.65. The van der Waals surface area contributed by atoms with Gasteiger partial charge in [-0.25, -0.2) is 4.98 Å². The van der Waals surface area contributed by atoms with E-state index in [1.54, 1.807) is 6.07 Å². The molecule has 2 aliphatic rings. The second-order valence-corrected chi connectivity index (χ2v) is 8.92. The predicted molar refractivity (Wildman–Crippen MR) is 109 cm³/mol. The lowest BCUT2D eigenvalue weighted by Crippen LogP contribution is -2.45. The van der Waals surface area contributed by atoms with Gasteiger partial charge in [0.1, 0.15) is 0 Å². The highest BCUT2D eigenvalue weighted by molar-refractivity contribution is 5.95. The lowest BCUT2D eigenvalue weighted by Gasteiger charge is -2.35. The van der Waals surface area contributed by atoms with Crippen molar-refractivity contribution in [3.63, 3.8) is 0 Å². The monoisotopic (exact) mass is 362 g/mol. The van der Waals surface area contributed by atoms with Crippen molar-refractivity contribution in [2.24, 2.45) is 0 Å². The summed E-state index contributed by atoms with van der Waals surface area (Å²) in [5, 5.41) is 1.16. The zero-order valence-electron chi connectivity index (χ0n) is 16.4. The van der Waals surface area contributed by atoms with Crippen molar-refractivity contribution in [2.75, 3.05) is 4.90 Å². The maximum Gasteiger partial charge on any atom is 0.255 e. The number of aromatic amines is 1. The van der Waals surface area contributed by atoms with Gasteiger partial charge in [-0.15, -0.1) is 0 Å². The number of hydrogen-bond acceptors (Lipinski definition) is 3. The van der Waals surface area contributed by atoms with E-state index in [9.17, 15) is 4.79 Å². The van der Waals surface area contributed by atoms with Crippen molar-refractivity contribution < 1.29 is 0 Å². The average Bonchev–Trinajstić information content (AvgIpc) is 3.29. The maximum atomic E-state index is 12.9. The number of anilines is 1. The standard InChI is InChI=1S/C22H26N4O/c1-13(2)26-21-24-19(10-20(27)25(21)12-22(26,3)4)17-11-23-18-8-7-15(9-16(17)18)14-5-6-14/h7-11,13-14,23H,5-6,12H2,1-4H3. The third-order valence-corrected chi connectivity index (χ3v) is 5.95. The summed E-state index contributed by atoms with van der Waals surface area (Å²) in [6, 6.07) is 8.61. The molecule has 1 saturated carbocycles. The van der Waals surface area contributed by atoms with E-state index in [1.165, 1.54) is 18.4 Å². The minimum atomic E-state index is -0.120. The largest absolute Gasteiger partial charge is 0.360 e. The molecular weight excluding hydrogens is 336 g/mol. The van der Waals surface area contributed by atoms with Crippen LogP contribution in [0.1, 0.15) is 52.0 Å². The van der Waals surface area contributed by atoms with E-state index in [0.717, 1.165) is 28.1 Å². The Hall–Kier alpha value is -2.56. The fourth-order valence-electron chi connectivity index (χ4n) is 4.65. The van der Waals surface area contributed by atoms with Crippen molar-refractivity contribution in [1.82, 2.24) is 14.5 Å². The average molecular weight is 362 g/mol. The van der Waals surface area contributed by atoms with Crippen LogP contribution in [0.5, 0.6) is 0 Å². The Labute approximate surface area is 159 Å². The van der Waals surface area contributed by atoms with Crippen molar-refractivity contribution in [2.45, 2.75) is 64.6 Å². The summed E-state index contributed by atoms with van der Waals surface area (Å²) in [4.78, 5) is 23.5. The first-order chi connectivity index (χ1) is 12.8. The number of benzene rings is 1. The lowest BCUT2D eigenvalue weighted by atomic mass is 10.0. The highest BCUT2D eigenvalue weighted by Crippen LogP contribution is 2.42. The van der Waals surface area contributed by atoms with E-state index in [4.69, 9.17) is 4.98 Å². The number of hydrogen-bond donors (Lipinski definition) is 1. The summed E-state index contributed by atoms with van der Waals surface area (Å²) in [7, 11) is 0. The molecular formula is C22H26N4O. The summed E-state index contributed by atoms with van der Waals surface area (Å²) in [5.74, 6) is 1.48. The zero-order chi connectivity index (χ0) is 18.9. The molecule has 1 aromatic carbocycles. The van der Waals surface area contributed by atoms with Gasteiger partial charge >= 0.3 is 0 Å². The summed E-state index contributed by atoms with van der Waals surface area (Å²) >= 11 is 0. The predicted octanol–water partition coefficient (Wildman–Crippen LogP) is 4.28. The number of aromatic nitrogens is 3. The van der Waals surface area contributed by atoms with Gasteiger partial charge in [0, 0.05) is 34.8 Å². The Morgan fingerprint density at radius 1 is 1.22 bits per heavy atom. The van der Waals surface area contributed by atoms with Gasteiger partial charge in [0.15, 0.2) is 0 Å². The molecule has 1 fully saturated rings. The molecule has 0 saturated heterocycles. The minimum Gasteiger partial charge on any atom is -0.360 e. The van der Waals surface area contributed by atoms with Gasteiger partial charge < -0.3 is 9.88 Å². The van der Waals surface area contributed by atoms with E-state index < -0.39 is 0 Å². The third-order valence-electron chi connectivity index (χ3n) is 5.95. The van der Waals surface area contributed by atoms with E-state index in [2.05, 4.69) is 55.8 Å². The van der Waals surface area contributed by atoms with Crippen LogP contribution in [-0.2, 0) is 6.54 Å². The van der Waals surface area contributed by atoms with Crippen LogP contribution in [0.3, 0.4) is 0 Å². The number of nitrogens with zero attached hydrogens (tertiary/aromatic N) is 3. The topological polar surface area (TPSA) is 53.9 Å². The number of fused-ring (bicyclic) bond motifs is 2.